The van der Waals surface area contributed by atoms with Crippen LogP contribution < -0.4 is 16.4 Å². The SMILES string of the molecule is O=C(CCn1[nH]c(=O)c2ccccc2c1=O)NCCCN1CCOCC1. The van der Waals surface area contributed by atoms with Crippen molar-refractivity contribution in [1.29, 1.82) is 0 Å². The highest BCUT2D eigenvalue weighted by Gasteiger charge is 2.10. The lowest BCUT2D eigenvalue weighted by molar-refractivity contribution is -0.121. The molecule has 3 rings (SSSR count). The molecule has 0 spiro atoms. The molecule has 0 atom stereocenters. The van der Waals surface area contributed by atoms with Gasteiger partial charge in [-0.15, -0.1) is 0 Å². The summed E-state index contributed by atoms with van der Waals surface area (Å²) < 4.78 is 6.50. The molecular weight excluding hydrogens is 336 g/mol. The van der Waals surface area contributed by atoms with E-state index < -0.39 is 0 Å². The van der Waals surface area contributed by atoms with E-state index in [2.05, 4.69) is 15.3 Å². The van der Waals surface area contributed by atoms with E-state index in [1.54, 1.807) is 24.3 Å². The summed E-state index contributed by atoms with van der Waals surface area (Å²) >= 11 is 0. The first-order valence-electron chi connectivity index (χ1n) is 8.94. The molecule has 0 saturated carbocycles. The van der Waals surface area contributed by atoms with Gasteiger partial charge in [0.2, 0.25) is 5.91 Å². The Morgan fingerprint density at radius 3 is 2.62 bits per heavy atom. The number of ether oxygens (including phenoxy) is 1. The van der Waals surface area contributed by atoms with Crippen LogP contribution in [-0.4, -0.2) is 60.0 Å². The van der Waals surface area contributed by atoms with Crippen LogP contribution in [-0.2, 0) is 16.1 Å². The summed E-state index contributed by atoms with van der Waals surface area (Å²) in [6.45, 7) is 5.09. The second kappa shape index (κ2) is 8.77. The van der Waals surface area contributed by atoms with Gasteiger partial charge in [0.15, 0.2) is 0 Å². The largest absolute Gasteiger partial charge is 0.379 e. The van der Waals surface area contributed by atoms with Gasteiger partial charge < -0.3 is 10.1 Å². The highest BCUT2D eigenvalue weighted by atomic mass is 16.5. The second-order valence-electron chi connectivity index (χ2n) is 6.35. The van der Waals surface area contributed by atoms with Crippen LogP contribution in [0.2, 0.25) is 0 Å². The lowest BCUT2D eigenvalue weighted by Gasteiger charge is -2.26. The van der Waals surface area contributed by atoms with Gasteiger partial charge in [0, 0.05) is 26.1 Å². The van der Waals surface area contributed by atoms with Crippen LogP contribution in [0.25, 0.3) is 10.8 Å². The Hall–Kier alpha value is -2.45. The Morgan fingerprint density at radius 2 is 1.85 bits per heavy atom. The number of hydrogen-bond acceptors (Lipinski definition) is 5. The van der Waals surface area contributed by atoms with Crippen LogP contribution in [0.1, 0.15) is 12.8 Å². The minimum atomic E-state index is -0.328. The third-order valence-electron chi connectivity index (χ3n) is 4.52. The number of carbonyl (C=O) groups is 1. The monoisotopic (exact) mass is 360 g/mol. The normalized spacial score (nSPS) is 15.2. The molecule has 0 radical (unpaired) electrons. The van der Waals surface area contributed by atoms with E-state index in [1.807, 2.05) is 0 Å². The molecule has 8 heteroatoms. The number of benzene rings is 1. The van der Waals surface area contributed by atoms with Crippen molar-refractivity contribution in [2.45, 2.75) is 19.4 Å². The number of aromatic nitrogens is 2. The molecule has 2 aromatic rings. The number of nitrogens with zero attached hydrogens (tertiary/aromatic N) is 2. The zero-order chi connectivity index (χ0) is 18.4. The average molecular weight is 360 g/mol. The average Bonchev–Trinajstić information content (AvgIpc) is 2.68. The van der Waals surface area contributed by atoms with Crippen molar-refractivity contribution < 1.29 is 9.53 Å². The Morgan fingerprint density at radius 1 is 1.12 bits per heavy atom. The van der Waals surface area contributed by atoms with Gasteiger partial charge >= 0.3 is 0 Å². The van der Waals surface area contributed by atoms with E-state index in [0.717, 1.165) is 39.3 Å². The van der Waals surface area contributed by atoms with Crippen LogP contribution >= 0.6 is 0 Å². The molecule has 1 aliphatic rings. The second-order valence-corrected chi connectivity index (χ2v) is 6.35. The number of fused-ring (bicyclic) bond motifs is 1. The maximum Gasteiger partial charge on any atom is 0.273 e. The van der Waals surface area contributed by atoms with E-state index in [0.29, 0.717) is 17.3 Å². The van der Waals surface area contributed by atoms with Gasteiger partial charge in [-0.3, -0.25) is 24.4 Å². The minimum Gasteiger partial charge on any atom is -0.379 e. The predicted molar refractivity (Wildman–Crippen MR) is 98.3 cm³/mol. The fourth-order valence-electron chi connectivity index (χ4n) is 3.06. The highest BCUT2D eigenvalue weighted by molar-refractivity contribution is 5.80. The lowest BCUT2D eigenvalue weighted by atomic mass is 10.2. The van der Waals surface area contributed by atoms with Gasteiger partial charge in [-0.05, 0) is 25.1 Å². The Bertz CT molecular complexity index is 867. The number of aryl methyl sites for hydroxylation is 1. The first-order chi connectivity index (χ1) is 12.6. The van der Waals surface area contributed by atoms with Crippen LogP contribution in [0.5, 0.6) is 0 Å². The number of rotatable bonds is 7. The lowest BCUT2D eigenvalue weighted by Crippen LogP contribution is -2.38. The van der Waals surface area contributed by atoms with Gasteiger partial charge in [-0.25, -0.2) is 4.68 Å². The van der Waals surface area contributed by atoms with E-state index in [-0.39, 0.29) is 30.0 Å². The number of hydrogen-bond donors (Lipinski definition) is 2. The van der Waals surface area contributed by atoms with E-state index in [9.17, 15) is 14.4 Å². The fourth-order valence-corrected chi connectivity index (χ4v) is 3.06. The molecule has 0 aliphatic carbocycles. The molecule has 1 aliphatic heterocycles. The Kier molecular flexibility index (Phi) is 6.19. The smallest absolute Gasteiger partial charge is 0.273 e. The molecule has 2 N–H and O–H groups in total. The van der Waals surface area contributed by atoms with E-state index >= 15 is 0 Å². The van der Waals surface area contributed by atoms with Crippen LogP contribution in [0.3, 0.4) is 0 Å². The third kappa shape index (κ3) is 4.59. The summed E-state index contributed by atoms with van der Waals surface area (Å²) in [7, 11) is 0. The molecule has 2 heterocycles. The number of nitrogens with one attached hydrogen (secondary N) is 2. The van der Waals surface area contributed by atoms with Crippen LogP contribution in [0, 0.1) is 0 Å². The number of carbonyl (C=O) groups excluding carboxylic acids is 1. The van der Waals surface area contributed by atoms with Crippen molar-refractivity contribution in [3.05, 3.63) is 45.0 Å². The van der Waals surface area contributed by atoms with Gasteiger partial charge in [0.1, 0.15) is 0 Å². The summed E-state index contributed by atoms with van der Waals surface area (Å²) in [5.74, 6) is -0.132. The molecular formula is C18H24N4O4. The number of amides is 1. The molecule has 0 bridgehead atoms. The maximum absolute atomic E-state index is 12.4. The van der Waals surface area contributed by atoms with Crippen molar-refractivity contribution in [3.63, 3.8) is 0 Å². The molecule has 1 fully saturated rings. The molecule has 1 saturated heterocycles. The summed E-state index contributed by atoms with van der Waals surface area (Å²) in [4.78, 5) is 38.7. The highest BCUT2D eigenvalue weighted by Crippen LogP contribution is 2.02. The van der Waals surface area contributed by atoms with Crippen molar-refractivity contribution in [3.8, 4) is 0 Å². The third-order valence-corrected chi connectivity index (χ3v) is 4.52. The summed E-state index contributed by atoms with van der Waals surface area (Å²) in [5.41, 5.74) is -0.619. The molecule has 1 aromatic carbocycles. The van der Waals surface area contributed by atoms with Crippen molar-refractivity contribution >= 4 is 16.7 Å². The summed E-state index contributed by atoms with van der Waals surface area (Å²) in [5, 5.41) is 6.12. The number of morpholine rings is 1. The Labute approximate surface area is 150 Å². The predicted octanol–water partition coefficient (Wildman–Crippen LogP) is -0.0816. The zero-order valence-corrected chi connectivity index (χ0v) is 14.7. The molecule has 1 amide bonds. The van der Waals surface area contributed by atoms with Crippen molar-refractivity contribution in [2.24, 2.45) is 0 Å². The van der Waals surface area contributed by atoms with Crippen LogP contribution in [0.15, 0.2) is 33.9 Å². The van der Waals surface area contributed by atoms with Crippen molar-refractivity contribution in [2.75, 3.05) is 39.4 Å². The quantitative estimate of drug-likeness (QED) is 0.673. The molecule has 8 nitrogen and oxygen atoms in total. The van der Waals surface area contributed by atoms with Crippen molar-refractivity contribution in [1.82, 2.24) is 20.0 Å². The molecule has 0 unspecified atom stereocenters. The zero-order valence-electron chi connectivity index (χ0n) is 14.7. The maximum atomic E-state index is 12.4. The summed E-state index contributed by atoms with van der Waals surface area (Å²) in [6.07, 6.45) is 1.02. The Balaban J connectivity index is 1.47. The van der Waals surface area contributed by atoms with Crippen LogP contribution in [0.4, 0.5) is 0 Å². The fraction of sp³-hybridized carbons (Fsp3) is 0.500. The minimum absolute atomic E-state index is 0.132. The van der Waals surface area contributed by atoms with Gasteiger partial charge in [0.25, 0.3) is 11.1 Å². The molecule has 26 heavy (non-hydrogen) atoms. The standard InChI is InChI=1S/C18H24N4O4/c23-16(19-7-3-8-21-10-12-26-13-11-21)6-9-22-18(25)15-5-2-1-4-14(15)17(24)20-22/h1-2,4-5H,3,6-13H2,(H,19,23)(H,20,24). The molecule has 140 valence electrons. The van der Waals surface area contributed by atoms with Gasteiger partial charge in [-0.2, -0.15) is 0 Å². The number of aromatic amines is 1. The van der Waals surface area contributed by atoms with Gasteiger partial charge in [-0.1, -0.05) is 12.1 Å². The first-order valence-corrected chi connectivity index (χ1v) is 8.94. The molecule has 1 aromatic heterocycles. The number of H-pyrrole nitrogens is 1. The van der Waals surface area contributed by atoms with E-state index in [1.165, 1.54) is 4.68 Å². The van der Waals surface area contributed by atoms with Gasteiger partial charge in [0.05, 0.1) is 30.5 Å². The van der Waals surface area contributed by atoms with E-state index in [4.69, 9.17) is 4.74 Å². The summed E-state index contributed by atoms with van der Waals surface area (Å²) in [6, 6.07) is 6.66. The topological polar surface area (TPSA) is 96.4 Å². The first kappa shape index (κ1) is 18.3.